The Morgan fingerprint density at radius 1 is 1.08 bits per heavy atom. The van der Waals surface area contributed by atoms with Gasteiger partial charge in [-0.05, 0) is 47.9 Å². The number of aromatic nitrogens is 2. The smallest absolute Gasteiger partial charge is 0.435 e. The molecule has 0 bridgehead atoms. The van der Waals surface area contributed by atoms with Crippen LogP contribution in [0.3, 0.4) is 0 Å². The molecule has 1 atom stereocenters. The van der Waals surface area contributed by atoms with Gasteiger partial charge in [-0.15, -0.1) is 11.3 Å². The van der Waals surface area contributed by atoms with Gasteiger partial charge in [-0.25, -0.2) is 4.98 Å². The first-order valence-electron chi connectivity index (χ1n) is 11.4. The fourth-order valence-electron chi connectivity index (χ4n) is 3.67. The highest BCUT2D eigenvalue weighted by Crippen LogP contribution is 2.35. The molecule has 1 unspecified atom stereocenters. The number of furan rings is 1. The van der Waals surface area contributed by atoms with Crippen LogP contribution < -0.4 is 10.6 Å². The fraction of sp³-hybridized carbons (Fsp3) is 0.269. The molecule has 0 aliphatic carbocycles. The Kier molecular flexibility index (Phi) is 8.17. The van der Waals surface area contributed by atoms with E-state index in [9.17, 15) is 18.0 Å². The van der Waals surface area contributed by atoms with Crippen LogP contribution in [0.15, 0.2) is 71.6 Å². The van der Waals surface area contributed by atoms with Crippen molar-refractivity contribution >= 4 is 17.2 Å². The van der Waals surface area contributed by atoms with Crippen molar-refractivity contribution in [3.8, 4) is 11.1 Å². The molecule has 6 nitrogen and oxygen atoms in total. The Morgan fingerprint density at radius 2 is 1.89 bits per heavy atom. The van der Waals surface area contributed by atoms with E-state index in [1.165, 1.54) is 0 Å². The lowest BCUT2D eigenvalue weighted by Crippen LogP contribution is -2.28. The molecule has 4 rings (SSSR count). The molecule has 188 valence electrons. The van der Waals surface area contributed by atoms with Crippen molar-refractivity contribution in [1.82, 2.24) is 20.6 Å². The number of pyridine rings is 1. The van der Waals surface area contributed by atoms with E-state index in [-0.39, 0.29) is 11.4 Å². The van der Waals surface area contributed by atoms with Crippen LogP contribution in [0.5, 0.6) is 0 Å². The molecule has 4 aromatic rings. The van der Waals surface area contributed by atoms with Gasteiger partial charge in [0.25, 0.3) is 5.91 Å². The van der Waals surface area contributed by atoms with E-state index in [4.69, 9.17) is 4.42 Å². The highest BCUT2D eigenvalue weighted by molar-refractivity contribution is 7.13. The van der Waals surface area contributed by atoms with Crippen LogP contribution in [-0.4, -0.2) is 29.0 Å². The SMILES string of the molecule is CC(NC(=O)c1sc(CCNCCc2ccco2)nc1C(F)(F)F)c1cccc(-c2cccnc2)c1. The Morgan fingerprint density at radius 3 is 2.61 bits per heavy atom. The lowest BCUT2D eigenvalue weighted by molar-refractivity contribution is -0.141. The number of carbonyl (C=O) groups excluding carboxylic acids is 1. The summed E-state index contributed by atoms with van der Waals surface area (Å²) in [5.74, 6) is 0.0336. The van der Waals surface area contributed by atoms with Crippen molar-refractivity contribution in [3.05, 3.63) is 94.1 Å². The zero-order chi connectivity index (χ0) is 25.5. The average Bonchev–Trinajstić information content (AvgIpc) is 3.55. The first-order chi connectivity index (χ1) is 17.3. The van der Waals surface area contributed by atoms with E-state index in [0.29, 0.717) is 19.5 Å². The lowest BCUT2D eigenvalue weighted by Gasteiger charge is -2.16. The van der Waals surface area contributed by atoms with Gasteiger partial charge in [0.15, 0.2) is 5.69 Å². The number of nitrogens with zero attached hydrogens (tertiary/aromatic N) is 2. The minimum atomic E-state index is -4.72. The van der Waals surface area contributed by atoms with E-state index in [1.807, 2.05) is 42.5 Å². The van der Waals surface area contributed by atoms with Gasteiger partial charge in [0, 0.05) is 38.3 Å². The Balaban J connectivity index is 1.41. The van der Waals surface area contributed by atoms with Crippen molar-refractivity contribution in [2.24, 2.45) is 0 Å². The number of hydrogen-bond acceptors (Lipinski definition) is 6. The van der Waals surface area contributed by atoms with E-state index >= 15 is 0 Å². The van der Waals surface area contributed by atoms with Crippen LogP contribution in [0.1, 0.15) is 44.7 Å². The summed E-state index contributed by atoms with van der Waals surface area (Å²) in [7, 11) is 0. The molecular formula is C26H25F3N4O2S. The molecule has 1 aromatic carbocycles. The molecule has 10 heteroatoms. The van der Waals surface area contributed by atoms with Crippen LogP contribution in [0.2, 0.25) is 0 Å². The number of amides is 1. The van der Waals surface area contributed by atoms with Gasteiger partial charge in [-0.2, -0.15) is 13.2 Å². The summed E-state index contributed by atoms with van der Waals surface area (Å²) in [6.45, 7) is 2.79. The number of rotatable bonds is 10. The Labute approximate surface area is 210 Å². The number of hydrogen-bond donors (Lipinski definition) is 2. The molecule has 0 saturated carbocycles. The van der Waals surface area contributed by atoms with Crippen LogP contribution in [0.25, 0.3) is 11.1 Å². The largest absolute Gasteiger partial charge is 0.469 e. The summed E-state index contributed by atoms with van der Waals surface area (Å²) in [4.78, 5) is 20.3. The zero-order valence-corrected chi connectivity index (χ0v) is 20.3. The summed E-state index contributed by atoms with van der Waals surface area (Å²) in [6.07, 6.45) is 1.22. The summed E-state index contributed by atoms with van der Waals surface area (Å²) in [5.41, 5.74) is 1.43. The van der Waals surface area contributed by atoms with E-state index in [0.717, 1.165) is 33.8 Å². The lowest BCUT2D eigenvalue weighted by atomic mass is 10.0. The monoisotopic (exact) mass is 514 g/mol. The molecule has 0 spiro atoms. The quantitative estimate of drug-likeness (QED) is 0.266. The topological polar surface area (TPSA) is 80.0 Å². The van der Waals surface area contributed by atoms with Gasteiger partial charge in [0.2, 0.25) is 0 Å². The predicted molar refractivity (Wildman–Crippen MR) is 132 cm³/mol. The normalized spacial score (nSPS) is 12.4. The molecular weight excluding hydrogens is 489 g/mol. The number of thiazole rings is 1. The number of benzene rings is 1. The van der Waals surface area contributed by atoms with Crippen molar-refractivity contribution in [2.75, 3.05) is 13.1 Å². The van der Waals surface area contributed by atoms with Gasteiger partial charge in [-0.1, -0.05) is 24.3 Å². The van der Waals surface area contributed by atoms with Gasteiger partial charge in [-0.3, -0.25) is 9.78 Å². The molecule has 0 saturated heterocycles. The summed E-state index contributed by atoms with van der Waals surface area (Å²) < 4.78 is 46.2. The van der Waals surface area contributed by atoms with Crippen molar-refractivity contribution in [1.29, 1.82) is 0 Å². The minimum absolute atomic E-state index is 0.254. The third-order valence-electron chi connectivity index (χ3n) is 5.52. The maximum atomic E-state index is 13.7. The van der Waals surface area contributed by atoms with Crippen LogP contribution in [0.4, 0.5) is 13.2 Å². The molecule has 36 heavy (non-hydrogen) atoms. The van der Waals surface area contributed by atoms with Gasteiger partial charge in [0.1, 0.15) is 10.6 Å². The van der Waals surface area contributed by atoms with Crippen LogP contribution in [0, 0.1) is 0 Å². The fourth-order valence-corrected chi connectivity index (χ4v) is 4.66. The molecule has 3 heterocycles. The molecule has 2 N–H and O–H groups in total. The second-order valence-electron chi connectivity index (χ2n) is 8.17. The number of carbonyl (C=O) groups is 1. The summed E-state index contributed by atoms with van der Waals surface area (Å²) in [6, 6.07) is 14.3. The van der Waals surface area contributed by atoms with Crippen molar-refractivity contribution in [2.45, 2.75) is 32.0 Å². The maximum absolute atomic E-state index is 13.7. The highest BCUT2D eigenvalue weighted by atomic mass is 32.1. The van der Waals surface area contributed by atoms with Crippen molar-refractivity contribution < 1.29 is 22.4 Å². The molecule has 0 fully saturated rings. The number of halogens is 3. The van der Waals surface area contributed by atoms with Crippen molar-refractivity contribution in [3.63, 3.8) is 0 Å². The molecule has 0 aliphatic rings. The minimum Gasteiger partial charge on any atom is -0.469 e. The van der Waals surface area contributed by atoms with Gasteiger partial charge in [0.05, 0.1) is 17.3 Å². The molecule has 1 amide bonds. The first kappa shape index (κ1) is 25.6. The maximum Gasteiger partial charge on any atom is 0.435 e. The van der Waals surface area contributed by atoms with E-state index in [1.54, 1.807) is 31.6 Å². The second-order valence-corrected chi connectivity index (χ2v) is 9.26. The van der Waals surface area contributed by atoms with Gasteiger partial charge < -0.3 is 15.1 Å². The Bertz CT molecular complexity index is 1270. The summed E-state index contributed by atoms with van der Waals surface area (Å²) >= 11 is 0.778. The van der Waals surface area contributed by atoms with Gasteiger partial charge >= 0.3 is 6.18 Å². The molecule has 0 radical (unpaired) electrons. The highest BCUT2D eigenvalue weighted by Gasteiger charge is 2.39. The third-order valence-corrected chi connectivity index (χ3v) is 6.63. The number of nitrogens with one attached hydrogen (secondary N) is 2. The van der Waals surface area contributed by atoms with Crippen LogP contribution in [-0.2, 0) is 19.0 Å². The number of alkyl halides is 3. The Hall–Kier alpha value is -3.50. The van der Waals surface area contributed by atoms with E-state index < -0.39 is 28.7 Å². The molecule has 3 aromatic heterocycles. The predicted octanol–water partition coefficient (Wildman–Crippen LogP) is 5.68. The standard InChI is InChI=1S/C26H25F3N4O2S/c1-17(18-5-2-6-19(15-18)20-7-3-11-31-16-20)32-25(34)23-24(26(27,28)29)33-22(36-23)10-13-30-12-9-21-8-4-14-35-21/h2-8,11,14-17,30H,9-10,12-13H2,1H3,(H,32,34). The zero-order valence-electron chi connectivity index (χ0n) is 19.5. The van der Waals surface area contributed by atoms with Crippen LogP contribution >= 0.6 is 11.3 Å². The second kappa shape index (κ2) is 11.5. The van der Waals surface area contributed by atoms with E-state index in [2.05, 4.69) is 20.6 Å². The summed E-state index contributed by atoms with van der Waals surface area (Å²) in [5, 5.41) is 6.11. The third kappa shape index (κ3) is 6.58. The molecule has 0 aliphatic heterocycles. The first-order valence-corrected chi connectivity index (χ1v) is 12.2. The average molecular weight is 515 g/mol.